The number of nitrogens with one attached hydrogen (secondary N) is 1. The second-order valence-corrected chi connectivity index (χ2v) is 5.17. The fourth-order valence-corrected chi connectivity index (χ4v) is 1.91. The van der Waals surface area contributed by atoms with Gasteiger partial charge in [-0.2, -0.15) is 0 Å². The first-order chi connectivity index (χ1) is 7.24. The molecule has 1 atom stereocenters. The van der Waals surface area contributed by atoms with Gasteiger partial charge in [0, 0.05) is 41.1 Å². The average Bonchev–Trinajstić information content (AvgIpc) is 2.26. The molecule has 4 heteroatoms. The smallest absolute Gasteiger partial charge is 0.0360 e. The van der Waals surface area contributed by atoms with Gasteiger partial charge in [-0.25, -0.2) is 0 Å². The molecule has 0 heterocycles. The summed E-state index contributed by atoms with van der Waals surface area (Å²) in [7, 11) is -0.684. The lowest BCUT2D eigenvalue weighted by molar-refractivity contribution is 0.674. The molecule has 15 heavy (non-hydrogen) atoms. The lowest BCUT2D eigenvalue weighted by atomic mass is 10.2. The topological polar surface area (TPSA) is 55.1 Å². The number of nitrogens with two attached hydrogens (primary N) is 1. The van der Waals surface area contributed by atoms with Crippen LogP contribution in [-0.4, -0.2) is 22.3 Å². The molecule has 0 aliphatic heterocycles. The van der Waals surface area contributed by atoms with Gasteiger partial charge in [0.1, 0.15) is 0 Å². The second-order valence-electron chi connectivity index (χ2n) is 3.31. The number of hydrogen-bond donors (Lipinski definition) is 2. The van der Waals surface area contributed by atoms with Gasteiger partial charge in [0.05, 0.1) is 0 Å². The van der Waals surface area contributed by atoms with E-state index in [-0.39, 0.29) is 0 Å². The third-order valence-corrected chi connectivity index (χ3v) is 3.50. The van der Waals surface area contributed by atoms with Gasteiger partial charge in [-0.05, 0) is 11.6 Å². The van der Waals surface area contributed by atoms with Crippen LogP contribution in [0.15, 0.2) is 24.3 Å². The maximum Gasteiger partial charge on any atom is 0.0360 e. The molecule has 0 radical (unpaired) electrons. The molecule has 0 amide bonds. The van der Waals surface area contributed by atoms with Crippen LogP contribution in [-0.2, 0) is 17.3 Å². The molecule has 0 saturated carbocycles. The van der Waals surface area contributed by atoms with Crippen LogP contribution in [0, 0.1) is 0 Å². The van der Waals surface area contributed by atoms with Gasteiger partial charge in [0.15, 0.2) is 0 Å². The van der Waals surface area contributed by atoms with E-state index in [1.165, 1.54) is 0 Å². The lowest BCUT2D eigenvalue weighted by Gasteiger charge is -2.06. The van der Waals surface area contributed by atoms with Crippen molar-refractivity contribution in [3.05, 3.63) is 29.8 Å². The van der Waals surface area contributed by atoms with Crippen LogP contribution in [0.5, 0.6) is 0 Å². The molecule has 0 bridgehead atoms. The molecule has 0 fully saturated rings. The van der Waals surface area contributed by atoms with E-state index in [9.17, 15) is 4.21 Å². The number of nitrogen functional groups attached to an aromatic ring is 1. The van der Waals surface area contributed by atoms with Crippen molar-refractivity contribution in [3.63, 3.8) is 0 Å². The van der Waals surface area contributed by atoms with Crippen LogP contribution in [0.4, 0.5) is 5.69 Å². The maximum absolute atomic E-state index is 11.1. The molecule has 1 unspecified atom stereocenters. The van der Waals surface area contributed by atoms with Crippen molar-refractivity contribution in [1.82, 2.24) is 5.32 Å². The van der Waals surface area contributed by atoms with Crippen LogP contribution in [0.1, 0.15) is 12.5 Å². The van der Waals surface area contributed by atoms with Crippen LogP contribution in [0.2, 0.25) is 0 Å². The highest BCUT2D eigenvalue weighted by Crippen LogP contribution is 2.09. The highest BCUT2D eigenvalue weighted by Gasteiger charge is 1.98. The molecule has 1 aromatic rings. The molecule has 1 aromatic carbocycles. The largest absolute Gasteiger partial charge is 0.398 e. The molecule has 3 N–H and O–H groups in total. The van der Waals surface area contributed by atoms with E-state index < -0.39 is 10.8 Å². The molecule has 3 nitrogen and oxygen atoms in total. The van der Waals surface area contributed by atoms with E-state index in [2.05, 4.69) is 5.32 Å². The Labute approximate surface area is 93.5 Å². The van der Waals surface area contributed by atoms with Gasteiger partial charge in [0.25, 0.3) is 0 Å². The van der Waals surface area contributed by atoms with E-state index in [4.69, 9.17) is 5.73 Å². The lowest BCUT2D eigenvalue weighted by Crippen LogP contribution is -2.21. The van der Waals surface area contributed by atoms with Crippen LogP contribution >= 0.6 is 0 Å². The van der Waals surface area contributed by atoms with Crippen molar-refractivity contribution in [3.8, 4) is 0 Å². The highest BCUT2D eigenvalue weighted by atomic mass is 32.2. The SMILES string of the molecule is CCS(=O)CCNCc1ccccc1N. The van der Waals surface area contributed by atoms with Crippen molar-refractivity contribution < 1.29 is 4.21 Å². The Balaban J connectivity index is 2.26. The predicted molar refractivity (Wildman–Crippen MR) is 66.1 cm³/mol. The van der Waals surface area contributed by atoms with E-state index in [0.717, 1.165) is 30.1 Å². The zero-order chi connectivity index (χ0) is 11.1. The van der Waals surface area contributed by atoms with Crippen molar-refractivity contribution >= 4 is 16.5 Å². The summed E-state index contributed by atoms with van der Waals surface area (Å²) in [6.07, 6.45) is 0. The molecular weight excluding hydrogens is 208 g/mol. The molecule has 0 aromatic heterocycles. The summed E-state index contributed by atoms with van der Waals surface area (Å²) >= 11 is 0. The number of para-hydroxylation sites is 1. The normalized spacial score (nSPS) is 12.6. The minimum atomic E-state index is -0.684. The monoisotopic (exact) mass is 226 g/mol. The second kappa shape index (κ2) is 6.58. The van der Waals surface area contributed by atoms with Crippen LogP contribution in [0.25, 0.3) is 0 Å². The fourth-order valence-electron chi connectivity index (χ4n) is 1.25. The van der Waals surface area contributed by atoms with Crippen LogP contribution < -0.4 is 11.1 Å². The first-order valence-corrected chi connectivity index (χ1v) is 6.62. The molecule has 1 rings (SSSR count). The quantitative estimate of drug-likeness (QED) is 0.565. The first kappa shape index (κ1) is 12.2. The Morgan fingerprint density at radius 2 is 2.13 bits per heavy atom. The van der Waals surface area contributed by atoms with E-state index in [1.807, 2.05) is 31.2 Å². The van der Waals surface area contributed by atoms with Gasteiger partial charge in [0.2, 0.25) is 0 Å². The third kappa shape index (κ3) is 4.44. The standard InChI is InChI=1S/C11H18N2OS/c1-2-15(14)8-7-13-9-10-5-3-4-6-11(10)12/h3-6,13H,2,7-9,12H2,1H3. The number of rotatable bonds is 6. The Hall–Kier alpha value is -0.870. The van der Waals surface area contributed by atoms with Crippen molar-refractivity contribution in [2.45, 2.75) is 13.5 Å². The summed E-state index contributed by atoms with van der Waals surface area (Å²) in [5.74, 6) is 1.44. The van der Waals surface area contributed by atoms with Gasteiger partial charge < -0.3 is 11.1 Å². The molecule has 0 aliphatic carbocycles. The fraction of sp³-hybridized carbons (Fsp3) is 0.455. The number of anilines is 1. The van der Waals surface area contributed by atoms with Crippen molar-refractivity contribution in [2.75, 3.05) is 23.8 Å². The Morgan fingerprint density at radius 1 is 1.40 bits per heavy atom. The van der Waals surface area contributed by atoms with E-state index in [1.54, 1.807) is 0 Å². The van der Waals surface area contributed by atoms with Crippen LogP contribution in [0.3, 0.4) is 0 Å². The van der Waals surface area contributed by atoms with Crippen molar-refractivity contribution in [2.24, 2.45) is 0 Å². The van der Waals surface area contributed by atoms with Gasteiger partial charge in [-0.3, -0.25) is 4.21 Å². The first-order valence-electron chi connectivity index (χ1n) is 5.13. The number of benzene rings is 1. The summed E-state index contributed by atoms with van der Waals surface area (Å²) in [5.41, 5.74) is 7.69. The molecule has 0 saturated heterocycles. The average molecular weight is 226 g/mol. The number of hydrogen-bond acceptors (Lipinski definition) is 3. The summed E-state index contributed by atoms with van der Waals surface area (Å²) in [6, 6.07) is 7.78. The van der Waals surface area contributed by atoms with Crippen molar-refractivity contribution in [1.29, 1.82) is 0 Å². The maximum atomic E-state index is 11.1. The molecule has 0 spiro atoms. The highest BCUT2D eigenvalue weighted by molar-refractivity contribution is 7.84. The van der Waals surface area contributed by atoms with E-state index >= 15 is 0 Å². The van der Waals surface area contributed by atoms with Gasteiger partial charge in [-0.15, -0.1) is 0 Å². The minimum absolute atomic E-state index is 0.684. The molecular formula is C11H18N2OS. The summed E-state index contributed by atoms with van der Waals surface area (Å²) < 4.78 is 11.1. The summed E-state index contributed by atoms with van der Waals surface area (Å²) in [6.45, 7) is 3.45. The molecule has 84 valence electrons. The van der Waals surface area contributed by atoms with Gasteiger partial charge in [-0.1, -0.05) is 25.1 Å². The molecule has 0 aliphatic rings. The minimum Gasteiger partial charge on any atom is -0.398 e. The van der Waals surface area contributed by atoms with E-state index in [0.29, 0.717) is 5.75 Å². The zero-order valence-corrected chi connectivity index (χ0v) is 9.85. The van der Waals surface area contributed by atoms with Gasteiger partial charge >= 0.3 is 0 Å². The predicted octanol–water partition coefficient (Wildman–Crippen LogP) is 1.13. The Bertz CT molecular complexity index is 328. The third-order valence-electron chi connectivity index (χ3n) is 2.20. The summed E-state index contributed by atoms with van der Waals surface area (Å²) in [4.78, 5) is 0. The summed E-state index contributed by atoms with van der Waals surface area (Å²) in [5, 5.41) is 3.23. The Morgan fingerprint density at radius 3 is 2.80 bits per heavy atom. The zero-order valence-electron chi connectivity index (χ0n) is 9.03. The Kier molecular flexibility index (Phi) is 5.36.